The highest BCUT2D eigenvalue weighted by atomic mass is 32.2. The van der Waals surface area contributed by atoms with E-state index >= 15 is 0 Å². The number of ether oxygens (including phenoxy) is 1. The zero-order chi connectivity index (χ0) is 14.9. The number of benzene rings is 1. The van der Waals surface area contributed by atoms with E-state index in [-0.39, 0.29) is 5.41 Å². The van der Waals surface area contributed by atoms with Crippen LogP contribution in [0.2, 0.25) is 0 Å². The number of rotatable bonds is 3. The van der Waals surface area contributed by atoms with Crippen molar-refractivity contribution in [1.82, 2.24) is 0 Å². The lowest BCUT2D eigenvalue weighted by molar-refractivity contribution is 0.149. The van der Waals surface area contributed by atoms with E-state index in [1.54, 1.807) is 0 Å². The van der Waals surface area contributed by atoms with Crippen molar-refractivity contribution in [3.05, 3.63) is 23.8 Å². The second kappa shape index (κ2) is 5.52. The topological polar surface area (TPSA) is 55.4 Å². The van der Waals surface area contributed by atoms with Crippen LogP contribution in [0.1, 0.15) is 31.7 Å². The maximum Gasteiger partial charge on any atom is 0.150 e. The summed E-state index contributed by atoms with van der Waals surface area (Å²) >= 11 is 0. The molecule has 2 aliphatic heterocycles. The van der Waals surface area contributed by atoms with Gasteiger partial charge in [-0.05, 0) is 37.3 Å². The Balaban J connectivity index is 1.62. The summed E-state index contributed by atoms with van der Waals surface area (Å²) in [6.07, 6.45) is 3.69. The van der Waals surface area contributed by atoms with Crippen LogP contribution in [0.5, 0.6) is 5.75 Å². The second-order valence-corrected chi connectivity index (χ2v) is 8.90. The predicted molar refractivity (Wildman–Crippen MR) is 84.7 cm³/mol. The van der Waals surface area contributed by atoms with E-state index in [2.05, 4.69) is 24.4 Å². The highest BCUT2D eigenvalue weighted by Gasteiger charge is 2.34. The lowest BCUT2D eigenvalue weighted by atomic mass is 9.85. The van der Waals surface area contributed by atoms with Crippen LogP contribution in [0.15, 0.2) is 18.2 Å². The smallest absolute Gasteiger partial charge is 0.150 e. The van der Waals surface area contributed by atoms with E-state index in [0.29, 0.717) is 31.0 Å². The zero-order valence-electron chi connectivity index (χ0n) is 12.5. The molecule has 2 aliphatic rings. The molecule has 2 heterocycles. The summed E-state index contributed by atoms with van der Waals surface area (Å²) in [4.78, 5) is 0. The molecule has 0 amide bonds. The number of nitrogens with one attached hydrogen (secondary N) is 1. The average Bonchev–Trinajstić information content (AvgIpc) is 2.49. The van der Waals surface area contributed by atoms with E-state index in [9.17, 15) is 8.42 Å². The van der Waals surface area contributed by atoms with Gasteiger partial charge in [0.1, 0.15) is 15.6 Å². The summed E-state index contributed by atoms with van der Waals surface area (Å²) in [7, 11) is -2.81. The molecule has 0 aromatic heterocycles. The van der Waals surface area contributed by atoms with Crippen LogP contribution < -0.4 is 10.1 Å². The Morgan fingerprint density at radius 1 is 1.29 bits per heavy atom. The van der Waals surface area contributed by atoms with Gasteiger partial charge in [0.05, 0.1) is 18.1 Å². The summed E-state index contributed by atoms with van der Waals surface area (Å²) < 4.78 is 29.0. The van der Waals surface area contributed by atoms with Crippen molar-refractivity contribution in [3.8, 4) is 5.75 Å². The van der Waals surface area contributed by atoms with Gasteiger partial charge in [-0.25, -0.2) is 8.42 Å². The Kier molecular flexibility index (Phi) is 3.86. The van der Waals surface area contributed by atoms with Crippen molar-refractivity contribution in [3.63, 3.8) is 0 Å². The molecule has 0 bridgehead atoms. The molecule has 0 spiro atoms. The molecule has 116 valence electrons. The first-order valence-electron chi connectivity index (χ1n) is 7.66. The quantitative estimate of drug-likeness (QED) is 0.932. The van der Waals surface area contributed by atoms with Crippen LogP contribution in [-0.2, 0) is 16.3 Å². The molecule has 1 fully saturated rings. The summed E-state index contributed by atoms with van der Waals surface area (Å²) in [6, 6.07) is 6.22. The predicted octanol–water partition coefficient (Wildman–Crippen LogP) is 2.64. The Bertz CT molecular complexity index is 610. The molecule has 0 atom stereocenters. The molecule has 1 saturated heterocycles. The Labute approximate surface area is 126 Å². The van der Waals surface area contributed by atoms with E-state index < -0.39 is 9.84 Å². The minimum Gasteiger partial charge on any atom is -0.493 e. The molecule has 5 heteroatoms. The molecular formula is C16H23NO3S. The first-order chi connectivity index (χ1) is 9.96. The fraction of sp³-hybridized carbons (Fsp3) is 0.625. The third-order valence-electron chi connectivity index (χ3n) is 4.64. The average molecular weight is 309 g/mol. The van der Waals surface area contributed by atoms with Crippen LogP contribution in [0.3, 0.4) is 0 Å². The summed E-state index contributed by atoms with van der Waals surface area (Å²) in [6.45, 7) is 3.73. The van der Waals surface area contributed by atoms with E-state index in [4.69, 9.17) is 4.74 Å². The van der Waals surface area contributed by atoms with Gasteiger partial charge in [0, 0.05) is 23.7 Å². The first-order valence-corrected chi connectivity index (χ1v) is 9.48. The molecule has 0 unspecified atom stereocenters. The number of fused-ring (bicyclic) bond motifs is 1. The van der Waals surface area contributed by atoms with Gasteiger partial charge in [0.15, 0.2) is 0 Å². The van der Waals surface area contributed by atoms with Crippen molar-refractivity contribution < 1.29 is 13.2 Å². The summed E-state index contributed by atoms with van der Waals surface area (Å²) in [5.74, 6) is 1.45. The van der Waals surface area contributed by atoms with Crippen LogP contribution in [0.4, 0.5) is 5.69 Å². The number of anilines is 1. The van der Waals surface area contributed by atoms with Gasteiger partial charge in [-0.2, -0.15) is 0 Å². The Morgan fingerprint density at radius 2 is 2.05 bits per heavy atom. The van der Waals surface area contributed by atoms with Crippen molar-refractivity contribution in [2.45, 2.75) is 32.6 Å². The van der Waals surface area contributed by atoms with Gasteiger partial charge in [-0.1, -0.05) is 13.0 Å². The monoisotopic (exact) mass is 309 g/mol. The lowest BCUT2D eigenvalue weighted by Crippen LogP contribution is -2.35. The van der Waals surface area contributed by atoms with Gasteiger partial charge in [0.2, 0.25) is 0 Å². The molecule has 0 aliphatic carbocycles. The zero-order valence-corrected chi connectivity index (χ0v) is 13.3. The molecule has 4 nitrogen and oxygen atoms in total. The van der Waals surface area contributed by atoms with Crippen molar-refractivity contribution in [1.29, 1.82) is 0 Å². The Hall–Kier alpha value is -1.23. The van der Waals surface area contributed by atoms with Crippen molar-refractivity contribution in [2.75, 3.05) is 30.0 Å². The largest absolute Gasteiger partial charge is 0.493 e. The molecule has 0 radical (unpaired) electrons. The van der Waals surface area contributed by atoms with Gasteiger partial charge < -0.3 is 10.1 Å². The molecule has 3 rings (SSSR count). The number of aryl methyl sites for hydroxylation is 1. The van der Waals surface area contributed by atoms with Crippen LogP contribution >= 0.6 is 0 Å². The summed E-state index contributed by atoms with van der Waals surface area (Å²) in [5.41, 5.74) is 2.49. The summed E-state index contributed by atoms with van der Waals surface area (Å²) in [5, 5.41) is 3.40. The normalized spacial score (nSPS) is 22.9. The highest BCUT2D eigenvalue weighted by Crippen LogP contribution is 2.34. The van der Waals surface area contributed by atoms with Gasteiger partial charge in [-0.3, -0.25) is 0 Å². The Morgan fingerprint density at radius 3 is 2.81 bits per heavy atom. The molecular weight excluding hydrogens is 286 g/mol. The second-order valence-electron chi connectivity index (χ2n) is 6.60. The molecule has 1 N–H and O–H groups in total. The van der Waals surface area contributed by atoms with E-state index in [0.717, 1.165) is 18.7 Å². The highest BCUT2D eigenvalue weighted by molar-refractivity contribution is 7.91. The first kappa shape index (κ1) is 14.7. The third kappa shape index (κ3) is 3.51. The lowest BCUT2D eigenvalue weighted by Gasteiger charge is -2.33. The van der Waals surface area contributed by atoms with Crippen LogP contribution in [0, 0.1) is 5.41 Å². The fourth-order valence-corrected chi connectivity index (χ4v) is 4.77. The number of sulfone groups is 1. The van der Waals surface area contributed by atoms with E-state index in [1.165, 1.54) is 17.7 Å². The van der Waals surface area contributed by atoms with Gasteiger partial charge in [-0.15, -0.1) is 0 Å². The molecule has 21 heavy (non-hydrogen) atoms. The van der Waals surface area contributed by atoms with Crippen molar-refractivity contribution >= 4 is 15.5 Å². The third-order valence-corrected chi connectivity index (χ3v) is 6.29. The van der Waals surface area contributed by atoms with E-state index in [1.807, 2.05) is 6.07 Å². The minimum absolute atomic E-state index is 0.0331. The fourth-order valence-electron chi connectivity index (χ4n) is 2.96. The standard InChI is InChI=1S/C16H23NO3S/c1-16(6-9-21(18,19)10-7-16)12-20-14-5-4-13-3-2-8-17-15(13)11-14/h4-5,11,17H,2-3,6-10,12H2,1H3. The van der Waals surface area contributed by atoms with Gasteiger partial charge in [0.25, 0.3) is 0 Å². The van der Waals surface area contributed by atoms with Crippen LogP contribution in [0.25, 0.3) is 0 Å². The van der Waals surface area contributed by atoms with Crippen molar-refractivity contribution in [2.24, 2.45) is 5.41 Å². The molecule has 0 saturated carbocycles. The maximum atomic E-state index is 11.5. The van der Waals surface area contributed by atoms with Crippen LogP contribution in [-0.4, -0.2) is 33.1 Å². The molecule has 1 aromatic carbocycles. The number of hydrogen-bond donors (Lipinski definition) is 1. The SMILES string of the molecule is CC1(COc2ccc3c(c2)NCCC3)CCS(=O)(=O)CC1. The number of hydrogen-bond acceptors (Lipinski definition) is 4. The maximum absolute atomic E-state index is 11.5. The van der Waals surface area contributed by atoms with Gasteiger partial charge >= 0.3 is 0 Å². The molecule has 1 aromatic rings. The minimum atomic E-state index is -2.81.